The van der Waals surface area contributed by atoms with Gasteiger partial charge >= 0.3 is 11.7 Å². The van der Waals surface area contributed by atoms with Crippen molar-refractivity contribution in [3.8, 4) is 0 Å². The van der Waals surface area contributed by atoms with E-state index < -0.39 is 17.2 Å². The number of hydrogen-bond acceptors (Lipinski definition) is 5. The minimum atomic E-state index is -0.505. The number of thiophene rings is 1. The van der Waals surface area contributed by atoms with E-state index in [9.17, 15) is 14.4 Å². The van der Waals surface area contributed by atoms with Crippen molar-refractivity contribution in [1.29, 1.82) is 0 Å². The Hall–Kier alpha value is -2.93. The molecular formula is C19H18N2O4S. The summed E-state index contributed by atoms with van der Waals surface area (Å²) in [5, 5.41) is 0.337. The lowest BCUT2D eigenvalue weighted by Crippen LogP contribution is -2.38. The van der Waals surface area contributed by atoms with Crippen LogP contribution in [0.25, 0.3) is 10.2 Å². The quantitative estimate of drug-likeness (QED) is 0.380. The van der Waals surface area contributed by atoms with Crippen molar-refractivity contribution in [3.05, 3.63) is 80.3 Å². The Morgan fingerprint density at radius 3 is 2.69 bits per heavy atom. The molecule has 0 bridgehead atoms. The Balaban J connectivity index is 2.04. The van der Waals surface area contributed by atoms with Crippen molar-refractivity contribution < 1.29 is 9.53 Å². The van der Waals surface area contributed by atoms with E-state index >= 15 is 0 Å². The summed E-state index contributed by atoms with van der Waals surface area (Å²) in [5.74, 6) is -0.505. The topological polar surface area (TPSA) is 70.3 Å². The second kappa shape index (κ2) is 7.53. The third-order valence-corrected chi connectivity index (χ3v) is 5.14. The van der Waals surface area contributed by atoms with Crippen LogP contribution in [0.1, 0.15) is 21.7 Å². The molecular weight excluding hydrogens is 352 g/mol. The van der Waals surface area contributed by atoms with Crippen LogP contribution >= 0.6 is 11.3 Å². The van der Waals surface area contributed by atoms with Gasteiger partial charge in [-0.15, -0.1) is 17.9 Å². The van der Waals surface area contributed by atoms with Gasteiger partial charge < -0.3 is 4.74 Å². The van der Waals surface area contributed by atoms with Crippen molar-refractivity contribution in [1.82, 2.24) is 9.13 Å². The second-order valence-corrected chi connectivity index (χ2v) is 6.79. The summed E-state index contributed by atoms with van der Waals surface area (Å²) < 4.78 is 7.71. The molecule has 6 nitrogen and oxygen atoms in total. The number of fused-ring (bicyclic) bond motifs is 1. The number of ether oxygens (including phenoxy) is 1. The number of hydrogen-bond donors (Lipinski definition) is 0. The van der Waals surface area contributed by atoms with Crippen LogP contribution in [0, 0.1) is 0 Å². The van der Waals surface area contributed by atoms with Crippen LogP contribution in [0.5, 0.6) is 0 Å². The van der Waals surface area contributed by atoms with Gasteiger partial charge in [-0.05, 0) is 18.1 Å². The predicted octanol–water partition coefficient (Wildman–Crippen LogP) is 2.54. The maximum Gasteiger partial charge on any atom is 0.348 e. The Bertz CT molecular complexity index is 1080. The fourth-order valence-electron chi connectivity index (χ4n) is 2.60. The van der Waals surface area contributed by atoms with E-state index in [0.717, 1.165) is 16.9 Å². The highest BCUT2D eigenvalue weighted by atomic mass is 32.1. The van der Waals surface area contributed by atoms with Gasteiger partial charge in [0.1, 0.15) is 9.71 Å². The van der Waals surface area contributed by atoms with E-state index in [0.29, 0.717) is 21.5 Å². The van der Waals surface area contributed by atoms with Crippen molar-refractivity contribution in [3.63, 3.8) is 0 Å². The summed E-state index contributed by atoms with van der Waals surface area (Å²) in [6.07, 6.45) is 2.21. The smallest absolute Gasteiger partial charge is 0.348 e. The van der Waals surface area contributed by atoms with Crippen LogP contribution in [-0.2, 0) is 18.3 Å². The molecule has 0 aliphatic rings. The van der Waals surface area contributed by atoms with Gasteiger partial charge in [0, 0.05) is 7.05 Å². The lowest BCUT2D eigenvalue weighted by atomic mass is 10.2. The number of esters is 1. The van der Waals surface area contributed by atoms with Gasteiger partial charge in [0.15, 0.2) is 0 Å². The third-order valence-electron chi connectivity index (χ3n) is 3.95. The maximum atomic E-state index is 12.8. The number of carbonyl (C=O) groups excluding carboxylic acids is 1. The molecule has 0 amide bonds. The van der Waals surface area contributed by atoms with Crippen molar-refractivity contribution in [2.45, 2.75) is 13.0 Å². The fraction of sp³-hybridized carbons (Fsp3) is 0.211. The van der Waals surface area contributed by atoms with E-state index in [1.807, 2.05) is 30.3 Å². The Morgan fingerprint density at radius 1 is 1.27 bits per heavy atom. The van der Waals surface area contributed by atoms with Crippen LogP contribution in [0.15, 0.2) is 58.6 Å². The monoisotopic (exact) mass is 370 g/mol. The summed E-state index contributed by atoms with van der Waals surface area (Å²) in [4.78, 5) is 38.3. The molecule has 0 fully saturated rings. The Labute approximate surface area is 153 Å². The van der Waals surface area contributed by atoms with E-state index in [2.05, 4.69) is 6.58 Å². The van der Waals surface area contributed by atoms with E-state index in [1.54, 1.807) is 13.1 Å². The highest BCUT2D eigenvalue weighted by Crippen LogP contribution is 2.22. The van der Waals surface area contributed by atoms with Crippen molar-refractivity contribution in [2.24, 2.45) is 7.05 Å². The molecule has 0 N–H and O–H groups in total. The van der Waals surface area contributed by atoms with E-state index in [-0.39, 0.29) is 13.2 Å². The van der Waals surface area contributed by atoms with Gasteiger partial charge in [0.05, 0.1) is 18.5 Å². The Kier molecular flexibility index (Phi) is 5.18. The summed E-state index contributed by atoms with van der Waals surface area (Å²) in [6.45, 7) is 3.98. The van der Waals surface area contributed by atoms with Gasteiger partial charge in [0.2, 0.25) is 0 Å². The first-order chi connectivity index (χ1) is 12.5. The SMILES string of the molecule is C=CCCOC(=O)c1cc2c(=O)n(Cc3ccccc3)c(=O)n(C)c2s1. The molecule has 3 aromatic rings. The minimum Gasteiger partial charge on any atom is -0.461 e. The molecule has 0 spiro atoms. The van der Waals surface area contributed by atoms with Crippen LogP contribution < -0.4 is 11.2 Å². The normalized spacial score (nSPS) is 10.8. The summed E-state index contributed by atoms with van der Waals surface area (Å²) in [7, 11) is 1.59. The fourth-order valence-corrected chi connectivity index (χ4v) is 3.59. The average Bonchev–Trinajstić information content (AvgIpc) is 3.10. The van der Waals surface area contributed by atoms with Crippen LogP contribution in [0.4, 0.5) is 0 Å². The average molecular weight is 370 g/mol. The van der Waals surface area contributed by atoms with Gasteiger partial charge in [-0.25, -0.2) is 9.59 Å². The molecule has 0 aliphatic carbocycles. The molecule has 134 valence electrons. The zero-order valence-corrected chi connectivity index (χ0v) is 15.1. The number of nitrogens with zero attached hydrogens (tertiary/aromatic N) is 2. The number of aryl methyl sites for hydroxylation is 1. The van der Waals surface area contributed by atoms with Gasteiger partial charge in [0.25, 0.3) is 5.56 Å². The molecule has 0 saturated heterocycles. The molecule has 0 saturated carbocycles. The third kappa shape index (κ3) is 3.39. The largest absolute Gasteiger partial charge is 0.461 e. The highest BCUT2D eigenvalue weighted by molar-refractivity contribution is 7.20. The van der Waals surface area contributed by atoms with Crippen LogP contribution in [-0.4, -0.2) is 21.7 Å². The van der Waals surface area contributed by atoms with Crippen LogP contribution in [0.2, 0.25) is 0 Å². The first-order valence-corrected chi connectivity index (χ1v) is 8.90. The maximum absolute atomic E-state index is 12.8. The molecule has 2 aromatic heterocycles. The highest BCUT2D eigenvalue weighted by Gasteiger charge is 2.18. The summed E-state index contributed by atoms with van der Waals surface area (Å²) in [5.41, 5.74) is 0.0264. The molecule has 0 atom stereocenters. The molecule has 3 rings (SSSR count). The second-order valence-electron chi connectivity index (χ2n) is 5.76. The lowest BCUT2D eigenvalue weighted by Gasteiger charge is -2.08. The zero-order chi connectivity index (χ0) is 18.7. The molecule has 7 heteroatoms. The molecule has 1 aromatic carbocycles. The first kappa shape index (κ1) is 17.9. The first-order valence-electron chi connectivity index (χ1n) is 8.08. The van der Waals surface area contributed by atoms with Crippen molar-refractivity contribution in [2.75, 3.05) is 6.61 Å². The minimum absolute atomic E-state index is 0.178. The Morgan fingerprint density at radius 2 is 2.00 bits per heavy atom. The predicted molar refractivity (Wildman–Crippen MR) is 102 cm³/mol. The molecule has 0 aliphatic heterocycles. The van der Waals surface area contributed by atoms with Crippen molar-refractivity contribution >= 4 is 27.5 Å². The number of rotatable bonds is 6. The number of aromatic nitrogens is 2. The number of benzene rings is 1. The zero-order valence-electron chi connectivity index (χ0n) is 14.3. The molecule has 2 heterocycles. The molecule has 0 radical (unpaired) electrons. The van der Waals surface area contributed by atoms with Crippen LogP contribution in [0.3, 0.4) is 0 Å². The lowest BCUT2D eigenvalue weighted by molar-refractivity contribution is 0.0517. The standard InChI is InChI=1S/C19H18N2O4S/c1-3-4-10-25-18(23)15-11-14-16(22)21(12-13-8-6-5-7-9-13)19(24)20(2)17(14)26-15/h3,5-9,11H,1,4,10,12H2,2H3. The number of carbonyl (C=O) groups is 1. The van der Waals surface area contributed by atoms with Gasteiger partial charge in [-0.2, -0.15) is 0 Å². The van der Waals surface area contributed by atoms with Gasteiger partial charge in [-0.1, -0.05) is 36.4 Å². The van der Waals surface area contributed by atoms with Gasteiger partial charge in [-0.3, -0.25) is 13.9 Å². The molecule has 26 heavy (non-hydrogen) atoms. The van der Waals surface area contributed by atoms with E-state index in [4.69, 9.17) is 4.74 Å². The molecule has 0 unspecified atom stereocenters. The van der Waals surface area contributed by atoms with E-state index in [1.165, 1.54) is 15.2 Å². The summed E-state index contributed by atoms with van der Waals surface area (Å²) >= 11 is 1.08. The summed E-state index contributed by atoms with van der Waals surface area (Å²) in [6, 6.07) is 10.8.